The van der Waals surface area contributed by atoms with Crippen LogP contribution in [0.1, 0.15) is 5.69 Å². The van der Waals surface area contributed by atoms with E-state index in [-0.39, 0.29) is 17.0 Å². The van der Waals surface area contributed by atoms with E-state index in [1.54, 1.807) is 17.4 Å². The summed E-state index contributed by atoms with van der Waals surface area (Å²) >= 11 is 2.93. The van der Waals surface area contributed by atoms with Gasteiger partial charge in [-0.3, -0.25) is 14.1 Å². The zero-order valence-electron chi connectivity index (χ0n) is 12.0. The van der Waals surface area contributed by atoms with Crippen molar-refractivity contribution in [2.45, 2.75) is 5.37 Å². The van der Waals surface area contributed by atoms with Crippen molar-refractivity contribution < 1.29 is 14.7 Å². The predicted octanol–water partition coefficient (Wildman–Crippen LogP) is 2.77. The second-order valence-electron chi connectivity index (χ2n) is 5.46. The van der Waals surface area contributed by atoms with Crippen LogP contribution in [0.5, 0.6) is 0 Å². The zero-order valence-corrected chi connectivity index (χ0v) is 13.7. The number of thiazole rings is 1. The minimum atomic E-state index is -1.08. The molecule has 2 aromatic heterocycles. The van der Waals surface area contributed by atoms with Crippen molar-refractivity contribution in [2.75, 3.05) is 0 Å². The van der Waals surface area contributed by atoms with Crippen molar-refractivity contribution in [3.05, 3.63) is 52.8 Å². The molecule has 0 bridgehead atoms. The van der Waals surface area contributed by atoms with Gasteiger partial charge in [-0.25, -0.2) is 9.78 Å². The standard InChI is InChI=1S/C16H9N3O3S2/c20-13-9(14-19(13)11(7-23-14)15(21)22)5-8-6-18-10-3-1-2-4-12(10)24-16(18)17-8/h1-7,14H,(H,21,22)/b9-5-/t14-/m1/s1. The lowest BCUT2D eigenvalue weighted by Gasteiger charge is -2.36. The van der Waals surface area contributed by atoms with Gasteiger partial charge in [0.2, 0.25) is 0 Å². The highest BCUT2D eigenvalue weighted by Gasteiger charge is 2.49. The van der Waals surface area contributed by atoms with Crippen molar-refractivity contribution >= 4 is 56.2 Å². The Balaban J connectivity index is 1.52. The molecule has 6 nitrogen and oxygen atoms in total. The van der Waals surface area contributed by atoms with E-state index in [9.17, 15) is 9.59 Å². The van der Waals surface area contributed by atoms with Gasteiger partial charge in [0.1, 0.15) is 11.1 Å². The molecule has 2 aliphatic rings. The third-order valence-corrected chi connectivity index (χ3v) is 6.19. The number of carbonyl (C=O) groups excluding carboxylic acids is 1. The molecule has 1 aromatic carbocycles. The Morgan fingerprint density at radius 2 is 2.17 bits per heavy atom. The Labute approximate surface area is 143 Å². The Hall–Kier alpha value is -2.58. The van der Waals surface area contributed by atoms with E-state index >= 15 is 0 Å². The maximum absolute atomic E-state index is 12.2. The molecule has 118 valence electrons. The summed E-state index contributed by atoms with van der Waals surface area (Å²) in [7, 11) is 0. The Bertz CT molecular complexity index is 1110. The summed E-state index contributed by atoms with van der Waals surface area (Å²) in [6.07, 6.45) is 3.66. The molecule has 1 amide bonds. The first-order valence-corrected chi connectivity index (χ1v) is 8.90. The molecular formula is C16H9N3O3S2. The number of β-lactam (4-membered cyclic amide) rings is 1. The molecule has 0 spiro atoms. The van der Waals surface area contributed by atoms with Crippen LogP contribution in [0.15, 0.2) is 47.1 Å². The van der Waals surface area contributed by atoms with Gasteiger partial charge in [-0.1, -0.05) is 23.5 Å². The molecular weight excluding hydrogens is 346 g/mol. The number of imidazole rings is 1. The number of aromatic nitrogens is 2. The number of carbonyl (C=O) groups is 2. The molecule has 8 heteroatoms. The van der Waals surface area contributed by atoms with Crippen molar-refractivity contribution in [3.8, 4) is 0 Å². The molecule has 0 unspecified atom stereocenters. The number of rotatable bonds is 2. The maximum atomic E-state index is 12.2. The maximum Gasteiger partial charge on any atom is 0.353 e. The monoisotopic (exact) mass is 355 g/mol. The van der Waals surface area contributed by atoms with E-state index in [1.807, 2.05) is 28.8 Å². The van der Waals surface area contributed by atoms with Gasteiger partial charge in [0.05, 0.1) is 21.5 Å². The van der Waals surface area contributed by atoms with Crippen LogP contribution in [-0.2, 0) is 9.59 Å². The van der Waals surface area contributed by atoms with Crippen molar-refractivity contribution in [1.29, 1.82) is 0 Å². The minimum absolute atomic E-state index is 0.0453. The fourth-order valence-electron chi connectivity index (χ4n) is 2.96. The highest BCUT2D eigenvalue weighted by molar-refractivity contribution is 8.03. The molecule has 2 aliphatic heterocycles. The van der Waals surface area contributed by atoms with Gasteiger partial charge in [0.15, 0.2) is 4.96 Å². The van der Waals surface area contributed by atoms with Crippen LogP contribution < -0.4 is 0 Å². The van der Waals surface area contributed by atoms with Gasteiger partial charge in [0, 0.05) is 11.6 Å². The number of nitrogens with zero attached hydrogens (tertiary/aromatic N) is 3. The molecule has 1 N–H and O–H groups in total. The van der Waals surface area contributed by atoms with E-state index in [0.717, 1.165) is 15.2 Å². The van der Waals surface area contributed by atoms with E-state index in [2.05, 4.69) is 11.1 Å². The van der Waals surface area contributed by atoms with E-state index in [4.69, 9.17) is 5.11 Å². The van der Waals surface area contributed by atoms with Crippen molar-refractivity contribution in [3.63, 3.8) is 0 Å². The van der Waals surface area contributed by atoms with Gasteiger partial charge in [-0.05, 0) is 18.2 Å². The van der Waals surface area contributed by atoms with Crippen LogP contribution in [0.4, 0.5) is 0 Å². The lowest BCUT2D eigenvalue weighted by Crippen LogP contribution is -2.51. The number of thioether (sulfide) groups is 1. The smallest absolute Gasteiger partial charge is 0.353 e. The van der Waals surface area contributed by atoms with E-state index < -0.39 is 5.97 Å². The molecule has 3 aromatic rings. The summed E-state index contributed by atoms with van der Waals surface area (Å²) in [5, 5.41) is 10.4. The normalized spacial score (nSPS) is 21.4. The number of fused-ring (bicyclic) bond motifs is 4. The number of para-hydroxylation sites is 1. The zero-order chi connectivity index (χ0) is 16.4. The van der Waals surface area contributed by atoms with Gasteiger partial charge in [-0.15, -0.1) is 11.8 Å². The minimum Gasteiger partial charge on any atom is -0.477 e. The van der Waals surface area contributed by atoms with Crippen LogP contribution in [0, 0.1) is 0 Å². The largest absolute Gasteiger partial charge is 0.477 e. The highest BCUT2D eigenvalue weighted by Crippen LogP contribution is 2.45. The number of benzene rings is 1. The van der Waals surface area contributed by atoms with Crippen LogP contribution in [0.2, 0.25) is 0 Å². The topological polar surface area (TPSA) is 74.9 Å². The predicted molar refractivity (Wildman–Crippen MR) is 92.5 cm³/mol. The molecule has 1 atom stereocenters. The van der Waals surface area contributed by atoms with Crippen LogP contribution in [0.25, 0.3) is 21.3 Å². The summed E-state index contributed by atoms with van der Waals surface area (Å²) in [5.74, 6) is -1.34. The summed E-state index contributed by atoms with van der Waals surface area (Å²) in [5.41, 5.74) is 2.42. The first-order chi connectivity index (χ1) is 11.6. The third kappa shape index (κ3) is 1.75. The van der Waals surface area contributed by atoms with Crippen LogP contribution >= 0.6 is 23.1 Å². The molecule has 0 aliphatic carbocycles. The Morgan fingerprint density at radius 1 is 1.33 bits per heavy atom. The average Bonchev–Trinajstić information content (AvgIpc) is 3.22. The second kappa shape index (κ2) is 4.71. The number of amides is 1. The average molecular weight is 355 g/mol. The third-order valence-electron chi connectivity index (χ3n) is 4.08. The summed E-state index contributed by atoms with van der Waals surface area (Å²) < 4.78 is 3.17. The van der Waals surface area contributed by atoms with Gasteiger partial charge >= 0.3 is 5.97 Å². The highest BCUT2D eigenvalue weighted by atomic mass is 32.2. The molecule has 4 heterocycles. The quantitative estimate of drug-likeness (QED) is 0.565. The van der Waals surface area contributed by atoms with Gasteiger partial charge in [-0.2, -0.15) is 0 Å². The fraction of sp³-hybridized carbons (Fsp3) is 0.0625. The number of carboxylic acid groups (broad SMARTS) is 1. The number of hydrogen-bond acceptors (Lipinski definition) is 5. The summed E-state index contributed by atoms with van der Waals surface area (Å²) in [4.78, 5) is 30.1. The molecule has 0 saturated carbocycles. The summed E-state index contributed by atoms with van der Waals surface area (Å²) in [6, 6.07) is 8.05. The fourth-order valence-corrected chi connectivity index (χ4v) is 5.09. The Kier molecular flexibility index (Phi) is 2.71. The molecule has 1 saturated heterocycles. The SMILES string of the molecule is O=C(O)C1=CS[C@@H]2/C(=C\c3cn4c(n3)sc3ccccc34)C(=O)N12. The first kappa shape index (κ1) is 13.8. The molecule has 0 radical (unpaired) electrons. The number of hydrogen-bond donors (Lipinski definition) is 1. The van der Waals surface area contributed by atoms with Crippen molar-refractivity contribution in [2.24, 2.45) is 0 Å². The number of aliphatic carboxylic acids is 1. The van der Waals surface area contributed by atoms with Crippen LogP contribution in [0.3, 0.4) is 0 Å². The molecule has 1 fully saturated rings. The van der Waals surface area contributed by atoms with Crippen molar-refractivity contribution in [1.82, 2.24) is 14.3 Å². The lowest BCUT2D eigenvalue weighted by atomic mass is 10.0. The first-order valence-electron chi connectivity index (χ1n) is 7.14. The second-order valence-corrected chi connectivity index (χ2v) is 7.42. The van der Waals surface area contributed by atoms with Gasteiger partial charge < -0.3 is 5.11 Å². The number of carboxylic acids is 1. The van der Waals surface area contributed by atoms with Gasteiger partial charge in [0.25, 0.3) is 5.91 Å². The Morgan fingerprint density at radius 3 is 3.00 bits per heavy atom. The molecule has 5 rings (SSSR count). The lowest BCUT2D eigenvalue weighted by molar-refractivity contribution is -0.141. The van der Waals surface area contributed by atoms with Crippen LogP contribution in [-0.4, -0.2) is 36.6 Å². The molecule has 24 heavy (non-hydrogen) atoms. The van der Waals surface area contributed by atoms with E-state index in [0.29, 0.717) is 11.3 Å². The van der Waals surface area contributed by atoms with E-state index in [1.165, 1.54) is 22.1 Å². The summed E-state index contributed by atoms with van der Waals surface area (Å²) in [6.45, 7) is 0.